The third kappa shape index (κ3) is 3.49. The monoisotopic (exact) mass is 360 g/mol. The Morgan fingerprint density at radius 2 is 1.89 bits per heavy atom. The van der Waals surface area contributed by atoms with Crippen molar-refractivity contribution in [3.63, 3.8) is 0 Å². The second-order valence-corrected chi connectivity index (χ2v) is 6.72. The fraction of sp³-hybridized carbons (Fsp3) is 0.182. The molecule has 2 aromatic carbocycles. The summed E-state index contributed by atoms with van der Waals surface area (Å²) in [5.74, 6) is -0.262. The van der Waals surface area contributed by atoms with Gasteiger partial charge in [-0.15, -0.1) is 0 Å². The standard InChI is InChI=1S/C22H20N2O3/c1-14-8-9-16(13-19(14)24-22(26)20-7-4-12-27-20)21(25)23-18-11-10-15-5-2-3-6-17(15)18/h2-9,12-13,18H,10-11H2,1H3,(H,23,25)(H,24,26). The van der Waals surface area contributed by atoms with Gasteiger partial charge >= 0.3 is 0 Å². The van der Waals surface area contributed by atoms with E-state index in [0.717, 1.165) is 18.4 Å². The van der Waals surface area contributed by atoms with Crippen LogP contribution in [0.3, 0.4) is 0 Å². The molecule has 1 aromatic heterocycles. The maximum absolute atomic E-state index is 12.7. The summed E-state index contributed by atoms with van der Waals surface area (Å²) < 4.78 is 5.12. The zero-order valence-corrected chi connectivity index (χ0v) is 15.0. The molecule has 1 heterocycles. The minimum Gasteiger partial charge on any atom is -0.459 e. The first-order valence-electron chi connectivity index (χ1n) is 8.96. The number of anilines is 1. The summed E-state index contributed by atoms with van der Waals surface area (Å²) in [6.07, 6.45) is 3.32. The number of benzene rings is 2. The van der Waals surface area contributed by atoms with Crippen LogP contribution in [0.5, 0.6) is 0 Å². The van der Waals surface area contributed by atoms with Gasteiger partial charge in [0.15, 0.2) is 5.76 Å². The maximum Gasteiger partial charge on any atom is 0.291 e. The van der Waals surface area contributed by atoms with Crippen molar-refractivity contribution in [3.05, 3.63) is 88.9 Å². The highest BCUT2D eigenvalue weighted by molar-refractivity contribution is 6.04. The zero-order chi connectivity index (χ0) is 18.8. The van der Waals surface area contributed by atoms with Gasteiger partial charge in [-0.05, 0) is 60.7 Å². The summed E-state index contributed by atoms with van der Waals surface area (Å²) in [4.78, 5) is 25.0. The van der Waals surface area contributed by atoms with Crippen LogP contribution in [0, 0.1) is 6.92 Å². The summed E-state index contributed by atoms with van der Waals surface area (Å²) in [5.41, 5.74) is 4.45. The molecular weight excluding hydrogens is 340 g/mol. The Morgan fingerprint density at radius 1 is 1.04 bits per heavy atom. The van der Waals surface area contributed by atoms with Crippen molar-refractivity contribution in [2.45, 2.75) is 25.8 Å². The van der Waals surface area contributed by atoms with E-state index >= 15 is 0 Å². The van der Waals surface area contributed by atoms with Crippen LogP contribution in [0.2, 0.25) is 0 Å². The molecule has 0 saturated heterocycles. The first-order valence-corrected chi connectivity index (χ1v) is 8.96. The minimum atomic E-state index is -0.342. The van der Waals surface area contributed by atoms with E-state index in [0.29, 0.717) is 11.3 Å². The molecule has 2 N–H and O–H groups in total. The first kappa shape index (κ1) is 17.1. The molecule has 3 aromatic rings. The van der Waals surface area contributed by atoms with Crippen molar-refractivity contribution < 1.29 is 14.0 Å². The number of nitrogens with one attached hydrogen (secondary N) is 2. The normalized spacial score (nSPS) is 15.2. The average molecular weight is 360 g/mol. The van der Waals surface area contributed by atoms with E-state index < -0.39 is 0 Å². The molecular formula is C22H20N2O3. The van der Waals surface area contributed by atoms with E-state index in [9.17, 15) is 9.59 Å². The van der Waals surface area contributed by atoms with Crippen LogP contribution in [-0.2, 0) is 6.42 Å². The molecule has 27 heavy (non-hydrogen) atoms. The van der Waals surface area contributed by atoms with Gasteiger partial charge < -0.3 is 15.1 Å². The second-order valence-electron chi connectivity index (χ2n) is 6.72. The van der Waals surface area contributed by atoms with Crippen molar-refractivity contribution in [2.75, 3.05) is 5.32 Å². The fourth-order valence-corrected chi connectivity index (χ4v) is 3.44. The first-order chi connectivity index (χ1) is 13.1. The van der Waals surface area contributed by atoms with Gasteiger partial charge in [0.1, 0.15) is 0 Å². The lowest BCUT2D eigenvalue weighted by Gasteiger charge is -2.15. The molecule has 1 unspecified atom stereocenters. The lowest BCUT2D eigenvalue weighted by Crippen LogP contribution is -2.27. The number of aryl methyl sites for hydroxylation is 2. The van der Waals surface area contributed by atoms with Crippen molar-refractivity contribution in [1.29, 1.82) is 0 Å². The molecule has 0 aliphatic heterocycles. The lowest BCUT2D eigenvalue weighted by molar-refractivity contribution is 0.0935. The van der Waals surface area contributed by atoms with Crippen LogP contribution in [0.1, 0.15) is 50.1 Å². The van der Waals surface area contributed by atoms with E-state index in [1.54, 1.807) is 24.3 Å². The van der Waals surface area contributed by atoms with Gasteiger partial charge in [-0.3, -0.25) is 9.59 Å². The highest BCUT2D eigenvalue weighted by atomic mass is 16.3. The number of furan rings is 1. The average Bonchev–Trinajstić information content (AvgIpc) is 3.34. The minimum absolute atomic E-state index is 0.0242. The Morgan fingerprint density at radius 3 is 2.70 bits per heavy atom. The Kier molecular flexibility index (Phi) is 4.50. The SMILES string of the molecule is Cc1ccc(C(=O)NC2CCc3ccccc32)cc1NC(=O)c1ccco1. The predicted molar refractivity (Wildman–Crippen MR) is 103 cm³/mol. The van der Waals surface area contributed by atoms with E-state index in [1.165, 1.54) is 17.4 Å². The van der Waals surface area contributed by atoms with Crippen LogP contribution in [0.25, 0.3) is 0 Å². The predicted octanol–water partition coefficient (Wildman–Crippen LogP) is 4.26. The van der Waals surface area contributed by atoms with Crippen LogP contribution >= 0.6 is 0 Å². The largest absolute Gasteiger partial charge is 0.459 e. The van der Waals surface area contributed by atoms with Crippen molar-refractivity contribution in [3.8, 4) is 0 Å². The number of rotatable bonds is 4. The smallest absolute Gasteiger partial charge is 0.291 e. The molecule has 136 valence electrons. The van der Waals surface area contributed by atoms with Gasteiger partial charge in [0.2, 0.25) is 0 Å². The van der Waals surface area contributed by atoms with Crippen molar-refractivity contribution in [1.82, 2.24) is 5.32 Å². The van der Waals surface area contributed by atoms with E-state index in [1.807, 2.05) is 25.1 Å². The van der Waals surface area contributed by atoms with Crippen molar-refractivity contribution in [2.24, 2.45) is 0 Å². The molecule has 4 rings (SSSR count). The van der Waals surface area contributed by atoms with Gasteiger partial charge in [0, 0.05) is 11.3 Å². The number of carbonyl (C=O) groups excluding carboxylic acids is 2. The Balaban J connectivity index is 1.51. The molecule has 2 amide bonds. The molecule has 0 saturated carbocycles. The van der Waals surface area contributed by atoms with Crippen LogP contribution < -0.4 is 10.6 Å². The molecule has 1 atom stereocenters. The third-order valence-electron chi connectivity index (χ3n) is 4.93. The molecule has 0 bridgehead atoms. The van der Waals surface area contributed by atoms with E-state index in [2.05, 4.69) is 22.8 Å². The molecule has 0 fully saturated rings. The molecule has 0 radical (unpaired) electrons. The zero-order valence-electron chi connectivity index (χ0n) is 15.0. The summed E-state index contributed by atoms with van der Waals surface area (Å²) >= 11 is 0. The van der Waals surface area contributed by atoms with Crippen LogP contribution in [0.4, 0.5) is 5.69 Å². The number of hydrogen-bond acceptors (Lipinski definition) is 3. The molecule has 5 heteroatoms. The van der Waals surface area contributed by atoms with E-state index in [4.69, 9.17) is 4.42 Å². The third-order valence-corrected chi connectivity index (χ3v) is 4.93. The molecule has 0 spiro atoms. The van der Waals surface area contributed by atoms with Crippen LogP contribution in [-0.4, -0.2) is 11.8 Å². The Hall–Kier alpha value is -3.34. The molecule has 1 aliphatic carbocycles. The highest BCUT2D eigenvalue weighted by Crippen LogP contribution is 2.31. The Bertz CT molecular complexity index is 993. The van der Waals surface area contributed by atoms with Crippen LogP contribution in [0.15, 0.2) is 65.3 Å². The molecule has 1 aliphatic rings. The lowest BCUT2D eigenvalue weighted by atomic mass is 10.1. The quantitative estimate of drug-likeness (QED) is 0.730. The highest BCUT2D eigenvalue weighted by Gasteiger charge is 2.24. The number of carbonyl (C=O) groups is 2. The number of hydrogen-bond donors (Lipinski definition) is 2. The maximum atomic E-state index is 12.7. The summed E-state index contributed by atoms with van der Waals surface area (Å²) in [6.45, 7) is 1.88. The number of fused-ring (bicyclic) bond motifs is 1. The Labute approximate surface area is 157 Å². The van der Waals surface area contributed by atoms with E-state index in [-0.39, 0.29) is 23.6 Å². The molecule has 5 nitrogen and oxygen atoms in total. The van der Waals surface area contributed by atoms with Gasteiger partial charge in [-0.2, -0.15) is 0 Å². The van der Waals surface area contributed by atoms with Gasteiger partial charge in [0.05, 0.1) is 12.3 Å². The fourth-order valence-electron chi connectivity index (χ4n) is 3.44. The van der Waals surface area contributed by atoms with Gasteiger partial charge in [-0.25, -0.2) is 0 Å². The van der Waals surface area contributed by atoms with Crippen molar-refractivity contribution >= 4 is 17.5 Å². The number of amides is 2. The summed E-state index contributed by atoms with van der Waals surface area (Å²) in [7, 11) is 0. The van der Waals surface area contributed by atoms with Gasteiger partial charge in [-0.1, -0.05) is 30.3 Å². The topological polar surface area (TPSA) is 71.3 Å². The summed E-state index contributed by atoms with van der Waals surface area (Å²) in [5, 5.41) is 5.91. The van der Waals surface area contributed by atoms with Gasteiger partial charge in [0.25, 0.3) is 11.8 Å². The summed E-state index contributed by atoms with van der Waals surface area (Å²) in [6, 6.07) is 16.8. The second kappa shape index (κ2) is 7.11.